The lowest BCUT2D eigenvalue weighted by Gasteiger charge is -2.32. The number of aromatic nitrogens is 2. The fourth-order valence-electron chi connectivity index (χ4n) is 4.70. The summed E-state index contributed by atoms with van der Waals surface area (Å²) in [7, 11) is -0.490. The molecule has 2 fully saturated rings. The number of imidazole rings is 1. The Hall–Kier alpha value is -2.72. The van der Waals surface area contributed by atoms with E-state index in [0.717, 1.165) is 26.7 Å². The topological polar surface area (TPSA) is 76.7 Å². The van der Waals surface area contributed by atoms with Gasteiger partial charge in [0.2, 0.25) is 0 Å². The monoisotopic (exact) mass is 499 g/mol. The molecule has 1 aromatic heterocycles. The third-order valence-electron chi connectivity index (χ3n) is 7.25. The number of alkyl halides is 2. The second kappa shape index (κ2) is 7.89. The first-order valence-corrected chi connectivity index (χ1v) is 12.2. The van der Waals surface area contributed by atoms with E-state index in [9.17, 15) is 13.6 Å². The molecule has 0 saturated carbocycles. The summed E-state index contributed by atoms with van der Waals surface area (Å²) < 4.78 is 46.6. The first-order chi connectivity index (χ1) is 16.6. The van der Waals surface area contributed by atoms with Gasteiger partial charge in [-0.1, -0.05) is 24.3 Å². The molecule has 1 atom stereocenters. The highest BCUT2D eigenvalue weighted by Gasteiger charge is 2.52. The number of H-pyrrole nitrogens is 1. The van der Waals surface area contributed by atoms with Gasteiger partial charge < -0.3 is 19.0 Å². The molecule has 5 rings (SSSR count). The molecule has 192 valence electrons. The Morgan fingerprint density at radius 2 is 1.81 bits per heavy atom. The van der Waals surface area contributed by atoms with Crippen LogP contribution in [0.15, 0.2) is 30.3 Å². The molecule has 0 aliphatic carbocycles. The number of halogens is 2. The van der Waals surface area contributed by atoms with E-state index in [-0.39, 0.29) is 0 Å². The lowest BCUT2D eigenvalue weighted by Crippen LogP contribution is -2.41. The number of nitrogens with one attached hydrogen (secondary N) is 1. The van der Waals surface area contributed by atoms with Crippen molar-refractivity contribution >= 4 is 40.5 Å². The number of nitrogens with zero attached hydrogens (tertiary/aromatic N) is 2. The number of carbonyl (C=O) groups is 1. The van der Waals surface area contributed by atoms with Crippen molar-refractivity contribution in [3.05, 3.63) is 36.2 Å². The quantitative estimate of drug-likeness (QED) is 0.483. The molecule has 2 aromatic carbocycles. The molecule has 3 heterocycles. The Morgan fingerprint density at radius 3 is 2.44 bits per heavy atom. The second-order valence-electron chi connectivity index (χ2n) is 11.8. The van der Waals surface area contributed by atoms with Crippen LogP contribution >= 0.6 is 0 Å². The molecule has 0 spiro atoms. The number of likely N-dealkylation sites (tertiary alicyclic amines) is 1. The lowest BCUT2D eigenvalue weighted by molar-refractivity contribution is -0.00248. The zero-order chi connectivity index (χ0) is 26.3. The van der Waals surface area contributed by atoms with Crippen molar-refractivity contribution in [2.45, 2.75) is 83.7 Å². The highest BCUT2D eigenvalue weighted by atomic mass is 19.3. The average molecular weight is 499 g/mol. The fraction of sp³-hybridized carbons (Fsp3) is 0.538. The highest BCUT2D eigenvalue weighted by molar-refractivity contribution is 6.62. The van der Waals surface area contributed by atoms with Crippen molar-refractivity contribution < 1.29 is 27.6 Å². The van der Waals surface area contributed by atoms with Gasteiger partial charge in [-0.05, 0) is 65.4 Å². The number of rotatable bonds is 2. The smallest absolute Gasteiger partial charge is 0.444 e. The van der Waals surface area contributed by atoms with Crippen molar-refractivity contribution in [1.82, 2.24) is 14.9 Å². The Balaban J connectivity index is 1.49. The molecule has 0 radical (unpaired) electrons. The van der Waals surface area contributed by atoms with E-state index in [1.54, 1.807) is 20.8 Å². The van der Waals surface area contributed by atoms with E-state index in [1.165, 1.54) is 0 Å². The minimum absolute atomic E-state index is 0.315. The number of fused-ring (bicyclic) bond motifs is 3. The molecule has 2 saturated heterocycles. The van der Waals surface area contributed by atoms with Crippen LogP contribution in [0.1, 0.15) is 66.8 Å². The van der Waals surface area contributed by atoms with Crippen LogP contribution in [-0.2, 0) is 14.0 Å². The average Bonchev–Trinajstić information content (AvgIpc) is 3.37. The minimum Gasteiger partial charge on any atom is -0.444 e. The van der Waals surface area contributed by atoms with Crippen LogP contribution in [0.25, 0.3) is 21.8 Å². The normalized spacial score (nSPS) is 23.1. The number of hydrogen-bond donors (Lipinski definition) is 1. The van der Waals surface area contributed by atoms with Crippen LogP contribution < -0.4 is 5.46 Å². The van der Waals surface area contributed by atoms with Crippen molar-refractivity contribution in [3.63, 3.8) is 0 Å². The number of benzene rings is 2. The molecule has 7 nitrogen and oxygen atoms in total. The maximum absolute atomic E-state index is 14.4. The van der Waals surface area contributed by atoms with Gasteiger partial charge in [0.05, 0.1) is 34.8 Å². The van der Waals surface area contributed by atoms with Gasteiger partial charge in [0.15, 0.2) is 0 Å². The summed E-state index contributed by atoms with van der Waals surface area (Å²) in [5, 5.41) is 1.82. The van der Waals surface area contributed by atoms with Gasteiger partial charge in [-0.25, -0.2) is 18.6 Å². The van der Waals surface area contributed by atoms with E-state index in [0.29, 0.717) is 11.3 Å². The van der Waals surface area contributed by atoms with Crippen LogP contribution in [0.4, 0.5) is 13.6 Å². The Labute approximate surface area is 209 Å². The number of amides is 1. The molecular formula is C26H32BF2N3O4. The molecular weight excluding hydrogens is 467 g/mol. The molecule has 0 unspecified atom stereocenters. The van der Waals surface area contributed by atoms with Crippen molar-refractivity contribution in [3.8, 4) is 0 Å². The standard InChI is InChI=1S/C26H32BF2N3O4/c1-23(2,3)34-22(33)32-14-26(28,29)13-19(32)21-30-18-11-8-15-12-16(9-10-17(15)20(18)31-21)27-35-24(4,5)25(6,7)36-27/h8-12,19H,13-14H2,1-7H3,(H,30,31)/t19-/m0/s1. The molecule has 1 N–H and O–H groups in total. The molecule has 2 aliphatic rings. The highest BCUT2D eigenvalue weighted by Crippen LogP contribution is 2.42. The Morgan fingerprint density at radius 1 is 1.14 bits per heavy atom. The van der Waals surface area contributed by atoms with Crippen molar-refractivity contribution in [2.75, 3.05) is 6.54 Å². The number of aromatic amines is 1. The maximum atomic E-state index is 14.4. The van der Waals surface area contributed by atoms with Gasteiger partial charge >= 0.3 is 13.2 Å². The van der Waals surface area contributed by atoms with Crippen molar-refractivity contribution in [1.29, 1.82) is 0 Å². The summed E-state index contributed by atoms with van der Waals surface area (Å²) in [6.45, 7) is 12.5. The predicted octanol–water partition coefficient (Wildman–Crippen LogP) is 5.33. The lowest BCUT2D eigenvalue weighted by atomic mass is 9.78. The fourth-order valence-corrected chi connectivity index (χ4v) is 4.70. The zero-order valence-corrected chi connectivity index (χ0v) is 21.7. The summed E-state index contributed by atoms with van der Waals surface area (Å²) in [6.07, 6.45) is -1.29. The van der Waals surface area contributed by atoms with E-state index in [1.807, 2.05) is 58.0 Å². The Kier molecular flexibility index (Phi) is 5.47. The van der Waals surface area contributed by atoms with Gasteiger partial charge in [-0.3, -0.25) is 4.90 Å². The molecule has 1 amide bonds. The summed E-state index contributed by atoms with van der Waals surface area (Å²) in [6, 6.07) is 8.77. The van der Waals surface area contributed by atoms with Gasteiger partial charge in [0.25, 0.3) is 5.92 Å². The molecule has 2 aliphatic heterocycles. The summed E-state index contributed by atoms with van der Waals surface area (Å²) in [5.41, 5.74) is 0.573. The molecule has 10 heteroatoms. The molecule has 36 heavy (non-hydrogen) atoms. The second-order valence-corrected chi connectivity index (χ2v) is 11.8. The van der Waals surface area contributed by atoms with Crippen LogP contribution in [0.3, 0.4) is 0 Å². The predicted molar refractivity (Wildman–Crippen MR) is 135 cm³/mol. The van der Waals surface area contributed by atoms with Crippen LogP contribution in [0, 0.1) is 0 Å². The van der Waals surface area contributed by atoms with E-state index in [4.69, 9.17) is 14.0 Å². The van der Waals surface area contributed by atoms with Gasteiger partial charge in [-0.15, -0.1) is 0 Å². The van der Waals surface area contributed by atoms with Crippen LogP contribution in [-0.4, -0.2) is 57.3 Å². The van der Waals surface area contributed by atoms with E-state index < -0.39 is 54.9 Å². The van der Waals surface area contributed by atoms with Gasteiger partial charge in [-0.2, -0.15) is 0 Å². The largest absolute Gasteiger partial charge is 0.494 e. The maximum Gasteiger partial charge on any atom is 0.494 e. The van der Waals surface area contributed by atoms with Gasteiger partial charge in [0, 0.05) is 11.8 Å². The van der Waals surface area contributed by atoms with Gasteiger partial charge in [0.1, 0.15) is 11.4 Å². The number of carbonyl (C=O) groups excluding carboxylic acids is 1. The van der Waals surface area contributed by atoms with Crippen LogP contribution in [0.5, 0.6) is 0 Å². The SMILES string of the molecule is CC(C)(C)OC(=O)N1CC(F)(F)C[C@H]1c1nc2ccc3cc(B4OC(C)(C)C(C)(C)O4)ccc3c2[nH]1. The summed E-state index contributed by atoms with van der Waals surface area (Å²) in [5.74, 6) is -2.71. The van der Waals surface area contributed by atoms with Crippen LogP contribution in [0.2, 0.25) is 0 Å². The third kappa shape index (κ3) is 4.34. The Bertz CT molecular complexity index is 1330. The molecule has 3 aromatic rings. The third-order valence-corrected chi connectivity index (χ3v) is 7.25. The summed E-state index contributed by atoms with van der Waals surface area (Å²) >= 11 is 0. The summed E-state index contributed by atoms with van der Waals surface area (Å²) in [4.78, 5) is 21.6. The first kappa shape index (κ1) is 25.0. The minimum atomic E-state index is -3.03. The first-order valence-electron chi connectivity index (χ1n) is 12.2. The van der Waals surface area contributed by atoms with Crippen molar-refractivity contribution in [2.24, 2.45) is 0 Å². The number of hydrogen-bond acceptors (Lipinski definition) is 5. The van der Waals surface area contributed by atoms with E-state index in [2.05, 4.69) is 9.97 Å². The number of ether oxygens (including phenoxy) is 1. The van der Waals surface area contributed by atoms with E-state index >= 15 is 0 Å². The zero-order valence-electron chi connectivity index (χ0n) is 21.7. The molecule has 0 bridgehead atoms.